The number of halogens is 1. The van der Waals surface area contributed by atoms with Crippen LogP contribution in [0.25, 0.3) is 0 Å². The molecular formula is C18H25ClN4OS. The molecule has 0 aliphatic heterocycles. The van der Waals surface area contributed by atoms with Gasteiger partial charge in [0, 0.05) is 28.2 Å². The normalized spacial score (nSPS) is 11.4. The Labute approximate surface area is 158 Å². The van der Waals surface area contributed by atoms with Crippen LogP contribution in [0.5, 0.6) is 5.75 Å². The first-order valence-corrected chi connectivity index (χ1v) is 9.72. The summed E-state index contributed by atoms with van der Waals surface area (Å²) in [6.07, 6.45) is 2.95. The second-order valence-corrected chi connectivity index (χ2v) is 6.94. The second kappa shape index (κ2) is 10.3. The van der Waals surface area contributed by atoms with E-state index in [1.165, 1.54) is 4.88 Å². The molecule has 5 nitrogen and oxygen atoms in total. The molecule has 0 aliphatic rings. The summed E-state index contributed by atoms with van der Waals surface area (Å²) >= 11 is 7.78. The van der Waals surface area contributed by atoms with Crippen LogP contribution in [0.15, 0.2) is 29.4 Å². The standard InChI is InChI=1S/C18H25ClN4OS/c1-4-15-11-21-17(25-15)12-23-18(20-5-2)22-10-13-7-8-14(19)9-16(13)24-6-3/h7-9,11H,4-6,10,12H2,1-3H3,(H2,20,22,23). The van der Waals surface area contributed by atoms with Gasteiger partial charge >= 0.3 is 0 Å². The number of rotatable bonds is 8. The highest BCUT2D eigenvalue weighted by atomic mass is 35.5. The van der Waals surface area contributed by atoms with Crippen molar-refractivity contribution in [1.29, 1.82) is 0 Å². The topological polar surface area (TPSA) is 58.5 Å². The molecule has 25 heavy (non-hydrogen) atoms. The smallest absolute Gasteiger partial charge is 0.191 e. The van der Waals surface area contributed by atoms with Crippen molar-refractivity contribution < 1.29 is 4.74 Å². The molecular weight excluding hydrogens is 356 g/mol. The van der Waals surface area contributed by atoms with E-state index in [-0.39, 0.29) is 0 Å². The number of ether oxygens (including phenoxy) is 1. The Bertz CT molecular complexity index is 702. The van der Waals surface area contributed by atoms with Crippen molar-refractivity contribution in [3.8, 4) is 5.75 Å². The molecule has 1 aromatic carbocycles. The molecule has 0 bridgehead atoms. The minimum atomic E-state index is 0.514. The molecule has 0 spiro atoms. The van der Waals surface area contributed by atoms with Crippen LogP contribution < -0.4 is 15.4 Å². The van der Waals surface area contributed by atoms with Gasteiger partial charge in [0.25, 0.3) is 0 Å². The highest BCUT2D eigenvalue weighted by Gasteiger charge is 2.06. The molecule has 136 valence electrons. The summed E-state index contributed by atoms with van der Waals surface area (Å²) in [7, 11) is 0. The Morgan fingerprint density at radius 1 is 1.28 bits per heavy atom. The number of hydrogen-bond donors (Lipinski definition) is 2. The van der Waals surface area contributed by atoms with Crippen molar-refractivity contribution >= 4 is 28.9 Å². The summed E-state index contributed by atoms with van der Waals surface area (Å²) in [6.45, 7) is 8.71. The van der Waals surface area contributed by atoms with Crippen molar-refractivity contribution in [2.24, 2.45) is 4.99 Å². The minimum Gasteiger partial charge on any atom is -0.493 e. The molecule has 0 amide bonds. The Hall–Kier alpha value is -1.79. The summed E-state index contributed by atoms with van der Waals surface area (Å²) in [4.78, 5) is 10.4. The molecule has 7 heteroatoms. The van der Waals surface area contributed by atoms with Crippen LogP contribution in [0.1, 0.15) is 36.2 Å². The fourth-order valence-corrected chi connectivity index (χ4v) is 3.17. The van der Waals surface area contributed by atoms with Gasteiger partial charge in [0.2, 0.25) is 0 Å². The van der Waals surface area contributed by atoms with Crippen molar-refractivity contribution in [1.82, 2.24) is 15.6 Å². The third-order valence-corrected chi connectivity index (χ3v) is 4.81. The molecule has 0 aliphatic carbocycles. The van der Waals surface area contributed by atoms with Gasteiger partial charge in [0.05, 0.1) is 19.7 Å². The highest BCUT2D eigenvalue weighted by molar-refractivity contribution is 7.11. The molecule has 1 heterocycles. The van der Waals surface area contributed by atoms with Gasteiger partial charge in [-0.25, -0.2) is 9.98 Å². The lowest BCUT2D eigenvalue weighted by atomic mass is 10.2. The van der Waals surface area contributed by atoms with Gasteiger partial charge in [0.1, 0.15) is 10.8 Å². The summed E-state index contributed by atoms with van der Waals surface area (Å²) in [5.74, 6) is 1.54. The zero-order chi connectivity index (χ0) is 18.1. The molecule has 0 radical (unpaired) electrons. The monoisotopic (exact) mass is 380 g/mol. The quantitative estimate of drug-likeness (QED) is 0.536. The van der Waals surface area contributed by atoms with Crippen LogP contribution >= 0.6 is 22.9 Å². The van der Waals surface area contributed by atoms with Crippen LogP contribution in [-0.4, -0.2) is 24.1 Å². The fraction of sp³-hybridized carbons (Fsp3) is 0.444. The molecule has 2 rings (SSSR count). The third-order valence-electron chi connectivity index (χ3n) is 3.44. The molecule has 0 atom stereocenters. The molecule has 0 saturated heterocycles. The van der Waals surface area contributed by atoms with Crippen molar-refractivity contribution in [2.75, 3.05) is 13.2 Å². The van der Waals surface area contributed by atoms with E-state index in [4.69, 9.17) is 16.3 Å². The lowest BCUT2D eigenvalue weighted by Crippen LogP contribution is -2.36. The fourth-order valence-electron chi connectivity index (χ4n) is 2.21. The van der Waals surface area contributed by atoms with Gasteiger partial charge in [-0.15, -0.1) is 11.3 Å². The van der Waals surface area contributed by atoms with Crippen LogP contribution in [0.4, 0.5) is 0 Å². The van der Waals surface area contributed by atoms with Crippen LogP contribution in [0.3, 0.4) is 0 Å². The van der Waals surface area contributed by atoms with Gasteiger partial charge < -0.3 is 15.4 Å². The first kappa shape index (κ1) is 19.5. The maximum Gasteiger partial charge on any atom is 0.191 e. The number of hydrogen-bond acceptors (Lipinski definition) is 4. The number of aryl methyl sites for hydroxylation is 1. The van der Waals surface area contributed by atoms with E-state index in [0.717, 1.165) is 35.2 Å². The molecule has 0 unspecified atom stereocenters. The summed E-state index contributed by atoms with van der Waals surface area (Å²) in [6, 6.07) is 5.64. The van der Waals surface area contributed by atoms with Gasteiger partial charge in [-0.3, -0.25) is 0 Å². The van der Waals surface area contributed by atoms with E-state index < -0.39 is 0 Å². The number of aromatic nitrogens is 1. The highest BCUT2D eigenvalue weighted by Crippen LogP contribution is 2.24. The maximum absolute atomic E-state index is 6.05. The van der Waals surface area contributed by atoms with Gasteiger partial charge in [-0.2, -0.15) is 0 Å². The van der Waals surface area contributed by atoms with E-state index in [0.29, 0.717) is 24.7 Å². The number of aliphatic imine (C=N–C) groups is 1. The zero-order valence-corrected chi connectivity index (χ0v) is 16.5. The minimum absolute atomic E-state index is 0.514. The van der Waals surface area contributed by atoms with Crippen LogP contribution in [0, 0.1) is 0 Å². The predicted octanol–water partition coefficient (Wildman–Crippen LogP) is 4.01. The van der Waals surface area contributed by atoms with Gasteiger partial charge in [-0.1, -0.05) is 24.6 Å². The molecule has 1 aromatic heterocycles. The average Bonchev–Trinajstić information content (AvgIpc) is 3.07. The summed E-state index contributed by atoms with van der Waals surface area (Å²) in [5, 5.41) is 8.31. The Morgan fingerprint density at radius 2 is 2.12 bits per heavy atom. The third kappa shape index (κ3) is 6.21. The van der Waals surface area contributed by atoms with E-state index in [9.17, 15) is 0 Å². The number of guanidine groups is 1. The van der Waals surface area contributed by atoms with E-state index >= 15 is 0 Å². The first-order valence-electron chi connectivity index (χ1n) is 8.53. The van der Waals surface area contributed by atoms with E-state index in [1.807, 2.05) is 38.2 Å². The number of nitrogens with zero attached hydrogens (tertiary/aromatic N) is 2. The van der Waals surface area contributed by atoms with Crippen molar-refractivity contribution in [3.05, 3.63) is 44.9 Å². The molecule has 0 saturated carbocycles. The van der Waals surface area contributed by atoms with Crippen molar-refractivity contribution in [2.45, 2.75) is 40.3 Å². The molecule has 2 N–H and O–H groups in total. The van der Waals surface area contributed by atoms with E-state index in [2.05, 4.69) is 27.5 Å². The van der Waals surface area contributed by atoms with Crippen LogP contribution in [0.2, 0.25) is 5.02 Å². The lowest BCUT2D eigenvalue weighted by Gasteiger charge is -2.12. The first-order chi connectivity index (χ1) is 12.2. The molecule has 0 fully saturated rings. The summed E-state index contributed by atoms with van der Waals surface area (Å²) in [5.41, 5.74) is 1.01. The summed E-state index contributed by atoms with van der Waals surface area (Å²) < 4.78 is 5.65. The Kier molecular flexibility index (Phi) is 8.01. The zero-order valence-electron chi connectivity index (χ0n) is 14.9. The Balaban J connectivity index is 2.03. The van der Waals surface area contributed by atoms with Crippen LogP contribution in [-0.2, 0) is 19.5 Å². The largest absolute Gasteiger partial charge is 0.493 e. The van der Waals surface area contributed by atoms with Crippen molar-refractivity contribution in [3.63, 3.8) is 0 Å². The number of nitrogens with one attached hydrogen (secondary N) is 2. The average molecular weight is 381 g/mol. The predicted molar refractivity (Wildman–Crippen MR) is 106 cm³/mol. The maximum atomic E-state index is 6.05. The molecule has 2 aromatic rings. The lowest BCUT2D eigenvalue weighted by molar-refractivity contribution is 0.336. The van der Waals surface area contributed by atoms with E-state index in [1.54, 1.807) is 11.3 Å². The second-order valence-electron chi connectivity index (χ2n) is 5.31. The Morgan fingerprint density at radius 3 is 2.80 bits per heavy atom. The van der Waals surface area contributed by atoms with Gasteiger partial charge in [-0.05, 0) is 32.4 Å². The SMILES string of the molecule is CCNC(=NCc1ccc(Cl)cc1OCC)NCc1ncc(CC)s1. The number of benzene rings is 1. The number of thiazole rings is 1. The van der Waals surface area contributed by atoms with Gasteiger partial charge in [0.15, 0.2) is 5.96 Å².